The molecule has 0 radical (unpaired) electrons. The number of nitrogens with zero attached hydrogens (tertiary/aromatic N) is 2. The fourth-order valence-electron chi connectivity index (χ4n) is 3.15. The zero-order valence-corrected chi connectivity index (χ0v) is 25.7. The third-order valence-corrected chi connectivity index (χ3v) is 4.63. The molecule has 3 aliphatic rings. The van der Waals surface area contributed by atoms with E-state index >= 15 is 0 Å². The molecule has 3 rings (SSSR count). The van der Waals surface area contributed by atoms with Crippen LogP contribution < -0.4 is 0 Å². The van der Waals surface area contributed by atoms with Gasteiger partial charge in [-0.3, -0.25) is 4.90 Å². The summed E-state index contributed by atoms with van der Waals surface area (Å²) in [7, 11) is 2.17. The molecule has 0 spiro atoms. The van der Waals surface area contributed by atoms with Crippen molar-refractivity contribution in [2.45, 2.75) is 198 Å². The number of likely N-dealkylation sites (tertiary alicyclic amines) is 2. The molecule has 38 heavy (non-hydrogen) atoms. The van der Waals surface area contributed by atoms with E-state index in [1.54, 1.807) is 0 Å². The average molecular weight is 555 g/mol. The van der Waals surface area contributed by atoms with Gasteiger partial charge in [0.1, 0.15) is 0 Å². The van der Waals surface area contributed by atoms with E-state index < -0.39 is 0 Å². The summed E-state index contributed by atoms with van der Waals surface area (Å²) in [6.07, 6.45) is 13.1. The Morgan fingerprint density at radius 1 is 0.421 bits per heavy atom. The summed E-state index contributed by atoms with van der Waals surface area (Å²) in [5.41, 5.74) is 0.413. The van der Waals surface area contributed by atoms with E-state index in [4.69, 9.17) is 0 Å². The standard InChI is InChI=1S/C8H17N.C5H11N.C5H10.2C4H10.2C2H6.6CH4/c1-8(2,3)9-6-4-5-7-9;1-6-4-2-3-5-6;1-2-4-5-3-1;2*1-4(2)3;2*1-2;;;;;;/h4-7H2,1-3H3;2-5H2,1H3;1-5H2;2*4H,1-3H3;2*1-2H3;6*1H4. The molecule has 248 valence electrons. The zero-order valence-electron chi connectivity index (χ0n) is 25.7. The van der Waals surface area contributed by atoms with E-state index in [1.165, 1.54) is 84.0 Å². The van der Waals surface area contributed by atoms with Crippen molar-refractivity contribution >= 4 is 0 Å². The Kier molecular flexibility index (Phi) is 86.9. The largest absolute Gasteiger partial charge is 0.306 e. The molecule has 0 unspecified atom stereocenters. The van der Waals surface area contributed by atoms with Crippen LogP contribution >= 0.6 is 0 Å². The van der Waals surface area contributed by atoms with Gasteiger partial charge in [0.05, 0.1) is 0 Å². The van der Waals surface area contributed by atoms with Crippen LogP contribution in [-0.2, 0) is 0 Å². The molecule has 2 nitrogen and oxygen atoms in total. The van der Waals surface area contributed by atoms with Crippen molar-refractivity contribution in [3.63, 3.8) is 0 Å². The van der Waals surface area contributed by atoms with Crippen molar-refractivity contribution in [3.8, 4) is 0 Å². The zero-order chi connectivity index (χ0) is 26.0. The highest BCUT2D eigenvalue weighted by Gasteiger charge is 2.23. The van der Waals surface area contributed by atoms with Gasteiger partial charge in [-0.15, -0.1) is 0 Å². The molecule has 2 saturated heterocycles. The van der Waals surface area contributed by atoms with E-state index in [2.05, 4.69) is 79.2 Å². The topological polar surface area (TPSA) is 6.48 Å². The van der Waals surface area contributed by atoms with Crippen molar-refractivity contribution in [1.82, 2.24) is 9.80 Å². The second kappa shape index (κ2) is 49.8. The lowest BCUT2D eigenvalue weighted by Crippen LogP contribution is -2.38. The summed E-state index contributed by atoms with van der Waals surface area (Å²) in [5.74, 6) is 1.67. The third kappa shape index (κ3) is 70.5. The second-order valence-corrected chi connectivity index (χ2v) is 11.1. The van der Waals surface area contributed by atoms with Gasteiger partial charge in [0.2, 0.25) is 0 Å². The molecule has 0 aromatic rings. The summed E-state index contributed by atoms with van der Waals surface area (Å²) in [6, 6.07) is 0. The minimum absolute atomic E-state index is 0. The van der Waals surface area contributed by atoms with Crippen LogP contribution in [0.15, 0.2) is 0 Å². The fourth-order valence-corrected chi connectivity index (χ4v) is 3.15. The van der Waals surface area contributed by atoms with Crippen molar-refractivity contribution in [2.75, 3.05) is 33.2 Å². The summed E-state index contributed by atoms with van der Waals surface area (Å²) >= 11 is 0. The Balaban J connectivity index is -0.0000000308. The molecule has 0 N–H and O–H groups in total. The first-order valence-electron chi connectivity index (χ1n) is 14.4. The van der Waals surface area contributed by atoms with Gasteiger partial charge >= 0.3 is 0 Å². The Bertz CT molecular complexity index is 270. The average Bonchev–Trinajstić information content (AvgIpc) is 3.48. The van der Waals surface area contributed by atoms with Gasteiger partial charge in [0.15, 0.2) is 0 Å². The summed E-state index contributed by atoms with van der Waals surface area (Å²) in [6.45, 7) is 33.1. The fraction of sp³-hybridized carbons (Fsp3) is 1.00. The van der Waals surface area contributed by atoms with Crippen molar-refractivity contribution in [3.05, 3.63) is 0 Å². The lowest BCUT2D eigenvalue weighted by atomic mass is 10.1. The maximum atomic E-state index is 2.55. The Hall–Kier alpha value is -0.0800. The monoisotopic (exact) mass is 555 g/mol. The lowest BCUT2D eigenvalue weighted by Gasteiger charge is -2.31. The molecular formula is C36H94N2. The molecular weight excluding hydrogens is 460 g/mol. The molecule has 0 atom stereocenters. The van der Waals surface area contributed by atoms with Gasteiger partial charge in [0, 0.05) is 5.54 Å². The molecule has 0 bridgehead atoms. The highest BCUT2D eigenvalue weighted by Crippen LogP contribution is 2.19. The first-order chi connectivity index (χ1) is 15.0. The van der Waals surface area contributed by atoms with Gasteiger partial charge in [-0.25, -0.2) is 0 Å². The van der Waals surface area contributed by atoms with Gasteiger partial charge < -0.3 is 4.90 Å². The van der Waals surface area contributed by atoms with Crippen LogP contribution in [0.2, 0.25) is 0 Å². The van der Waals surface area contributed by atoms with Gasteiger partial charge in [0.25, 0.3) is 0 Å². The van der Waals surface area contributed by atoms with Crippen LogP contribution in [0.3, 0.4) is 0 Å². The van der Waals surface area contributed by atoms with Crippen LogP contribution in [0.1, 0.15) is 192 Å². The van der Waals surface area contributed by atoms with E-state index in [9.17, 15) is 0 Å². The quantitative estimate of drug-likeness (QED) is 0.294. The van der Waals surface area contributed by atoms with E-state index in [0.29, 0.717) is 5.54 Å². The van der Waals surface area contributed by atoms with Crippen LogP contribution in [-0.4, -0.2) is 48.6 Å². The minimum Gasteiger partial charge on any atom is -0.306 e. The first-order valence-corrected chi connectivity index (χ1v) is 14.4. The number of hydrogen-bond acceptors (Lipinski definition) is 2. The van der Waals surface area contributed by atoms with Crippen LogP contribution in [0, 0.1) is 11.8 Å². The highest BCUT2D eigenvalue weighted by molar-refractivity contribution is 4.79. The molecule has 2 heteroatoms. The Morgan fingerprint density at radius 3 is 0.711 bits per heavy atom. The summed E-state index contributed by atoms with van der Waals surface area (Å²) in [4.78, 5) is 4.91. The van der Waals surface area contributed by atoms with Gasteiger partial charge in [-0.05, 0) is 91.5 Å². The Morgan fingerprint density at radius 2 is 0.605 bits per heavy atom. The molecule has 3 fully saturated rings. The molecule has 2 heterocycles. The van der Waals surface area contributed by atoms with Crippen LogP contribution in [0.5, 0.6) is 0 Å². The molecule has 0 amide bonds. The molecule has 1 saturated carbocycles. The molecule has 0 aromatic heterocycles. The highest BCUT2D eigenvalue weighted by atomic mass is 15.2. The minimum atomic E-state index is 0. The van der Waals surface area contributed by atoms with Crippen LogP contribution in [0.4, 0.5) is 0 Å². The Labute approximate surface area is 252 Å². The predicted octanol–water partition coefficient (Wildman–Crippen LogP) is 13.7. The van der Waals surface area contributed by atoms with Crippen LogP contribution in [0.25, 0.3) is 0 Å². The summed E-state index contributed by atoms with van der Waals surface area (Å²) in [5, 5.41) is 0. The maximum Gasteiger partial charge on any atom is 0.0125 e. The predicted molar refractivity (Wildman–Crippen MR) is 194 cm³/mol. The number of hydrogen-bond donors (Lipinski definition) is 0. The van der Waals surface area contributed by atoms with Crippen molar-refractivity contribution in [1.29, 1.82) is 0 Å². The lowest BCUT2D eigenvalue weighted by molar-refractivity contribution is 0.175. The molecule has 2 aliphatic heterocycles. The SMILES string of the molecule is C.C.C.C.C.C.C1CCCC1.CC.CC.CC(C)(C)N1CCCC1.CC(C)C.CC(C)C.CN1CCCC1. The smallest absolute Gasteiger partial charge is 0.0125 e. The normalized spacial score (nSPS) is 14.8. The number of rotatable bonds is 0. The van der Waals surface area contributed by atoms with E-state index in [1.807, 2.05) is 27.7 Å². The van der Waals surface area contributed by atoms with E-state index in [0.717, 1.165) is 11.8 Å². The molecule has 1 aliphatic carbocycles. The third-order valence-electron chi connectivity index (χ3n) is 4.63. The first kappa shape index (κ1) is 66.3. The van der Waals surface area contributed by atoms with Crippen molar-refractivity contribution < 1.29 is 0 Å². The van der Waals surface area contributed by atoms with Gasteiger partial charge in [-0.1, -0.05) is 146 Å². The van der Waals surface area contributed by atoms with E-state index in [-0.39, 0.29) is 44.6 Å². The summed E-state index contributed by atoms with van der Waals surface area (Å²) < 4.78 is 0. The maximum absolute atomic E-state index is 2.55. The van der Waals surface area contributed by atoms with Crippen molar-refractivity contribution in [2.24, 2.45) is 11.8 Å². The van der Waals surface area contributed by atoms with Gasteiger partial charge in [-0.2, -0.15) is 0 Å². The second-order valence-electron chi connectivity index (χ2n) is 11.1. The molecule has 0 aromatic carbocycles.